The molecule has 3 rings (SSSR count). The highest BCUT2D eigenvalue weighted by atomic mass is 16.7. The van der Waals surface area contributed by atoms with Crippen molar-refractivity contribution in [3.05, 3.63) is 23.9 Å². The van der Waals surface area contributed by atoms with E-state index < -0.39 is 48.2 Å². The zero-order valence-electron chi connectivity index (χ0n) is 23.8. The van der Waals surface area contributed by atoms with Gasteiger partial charge < -0.3 is 19.5 Å². The van der Waals surface area contributed by atoms with E-state index in [1.54, 1.807) is 26.8 Å². The number of imide groups is 1. The van der Waals surface area contributed by atoms with E-state index in [4.69, 9.17) is 14.2 Å². The Bertz CT molecular complexity index is 1090. The fraction of sp³-hybridized carbons (Fsp3) is 0.643. The predicted octanol–water partition coefficient (Wildman–Crippen LogP) is 3.79. The summed E-state index contributed by atoms with van der Waals surface area (Å²) in [6, 6.07) is 1.41. The van der Waals surface area contributed by atoms with Crippen LogP contribution in [0.3, 0.4) is 0 Å². The van der Waals surface area contributed by atoms with Gasteiger partial charge in [0.25, 0.3) is 0 Å². The lowest BCUT2D eigenvalue weighted by atomic mass is 9.82. The summed E-state index contributed by atoms with van der Waals surface area (Å²) in [7, 11) is 0. The number of hydrogen-bond acceptors (Lipinski definition) is 9. The van der Waals surface area contributed by atoms with Crippen molar-refractivity contribution in [2.45, 2.75) is 91.5 Å². The van der Waals surface area contributed by atoms with Gasteiger partial charge in [0.2, 0.25) is 12.2 Å². The van der Waals surface area contributed by atoms with E-state index in [0.717, 1.165) is 30.6 Å². The van der Waals surface area contributed by atoms with Gasteiger partial charge in [-0.15, -0.1) is 0 Å². The molecule has 2 heterocycles. The summed E-state index contributed by atoms with van der Waals surface area (Å²) in [5.41, 5.74) is 0.605. The largest absolute Gasteiger partial charge is 0.464 e. The van der Waals surface area contributed by atoms with E-state index in [1.165, 1.54) is 25.6 Å². The highest BCUT2D eigenvalue weighted by molar-refractivity contribution is 6.08. The molecule has 2 aliphatic rings. The maximum atomic E-state index is 13.1. The number of carbonyl (C=O) groups excluding carboxylic acids is 5. The number of esters is 2. The lowest BCUT2D eigenvalue weighted by Gasteiger charge is -2.44. The second kappa shape index (κ2) is 14.1. The first-order chi connectivity index (χ1) is 19.0. The Labute approximate surface area is 234 Å². The van der Waals surface area contributed by atoms with E-state index in [9.17, 15) is 24.0 Å². The molecule has 0 radical (unpaired) electrons. The van der Waals surface area contributed by atoms with Crippen LogP contribution < -0.4 is 10.6 Å². The van der Waals surface area contributed by atoms with Crippen molar-refractivity contribution in [3.8, 4) is 0 Å². The number of urea groups is 1. The molecule has 2 N–H and O–H groups in total. The fourth-order valence-electron chi connectivity index (χ4n) is 5.02. The molecule has 1 saturated heterocycles. The lowest BCUT2D eigenvalue weighted by molar-refractivity contribution is -0.169. The minimum absolute atomic E-state index is 0.112. The van der Waals surface area contributed by atoms with Crippen LogP contribution in [0.5, 0.6) is 0 Å². The van der Waals surface area contributed by atoms with Gasteiger partial charge in [-0.3, -0.25) is 14.9 Å². The summed E-state index contributed by atoms with van der Waals surface area (Å²) in [6.45, 7) is 8.44. The molecule has 1 aromatic rings. The van der Waals surface area contributed by atoms with Crippen molar-refractivity contribution in [1.29, 1.82) is 0 Å². The van der Waals surface area contributed by atoms with Gasteiger partial charge in [-0.2, -0.15) is 0 Å². The zero-order valence-corrected chi connectivity index (χ0v) is 23.8. The van der Waals surface area contributed by atoms with Crippen LogP contribution in [0.1, 0.15) is 72.3 Å². The van der Waals surface area contributed by atoms with Gasteiger partial charge in [-0.1, -0.05) is 33.1 Å². The van der Waals surface area contributed by atoms with Gasteiger partial charge in [0.15, 0.2) is 6.04 Å². The van der Waals surface area contributed by atoms with Crippen molar-refractivity contribution >= 4 is 35.8 Å². The number of β-lactam (4-membered cyclic amide) rings is 1. The smallest absolute Gasteiger partial charge is 0.415 e. The van der Waals surface area contributed by atoms with E-state index in [0.29, 0.717) is 11.5 Å². The Morgan fingerprint density at radius 2 is 1.77 bits per heavy atom. The molecule has 1 aliphatic carbocycles. The van der Waals surface area contributed by atoms with Crippen molar-refractivity contribution in [3.63, 3.8) is 0 Å². The minimum atomic E-state index is -1.10. The molecular formula is C28H40N4O8. The van der Waals surface area contributed by atoms with Gasteiger partial charge >= 0.3 is 24.1 Å². The molecule has 1 unspecified atom stereocenters. The SMILES string of the molecule is CCOC(=O)[C@@H]1[C@@H](Cc2ccnc(NC(=O)OC(C)OC(=O)C(C)C)c2)C(=O)N1C(=O)N[C@H](C)C1CCCCC1. The molecule has 0 bridgehead atoms. The van der Waals surface area contributed by atoms with Crippen LogP contribution in [0.4, 0.5) is 15.4 Å². The Morgan fingerprint density at radius 1 is 1.07 bits per heavy atom. The number of carbonyl (C=O) groups is 5. The number of aromatic nitrogens is 1. The molecule has 12 nitrogen and oxygen atoms in total. The van der Waals surface area contributed by atoms with E-state index >= 15 is 0 Å². The number of anilines is 1. The number of likely N-dealkylation sites (tertiary alicyclic amines) is 1. The standard InChI is InChI=1S/C28H40N4O8/c1-6-38-26(35)23-21(24(33)32(23)27(36)30-17(4)20-10-8-7-9-11-20)14-19-12-13-29-22(15-19)31-28(37)40-18(5)39-25(34)16(2)3/h12-13,15-18,20-21,23H,6-11,14H2,1-5H3,(H,30,36)(H,29,31,37)/t17-,18?,21-,23+/m1/s1. The molecule has 4 atom stereocenters. The molecule has 1 aliphatic heterocycles. The molecule has 12 heteroatoms. The highest BCUT2D eigenvalue weighted by Gasteiger charge is 2.55. The molecule has 40 heavy (non-hydrogen) atoms. The maximum Gasteiger partial charge on any atom is 0.415 e. The topological polar surface area (TPSA) is 153 Å². The number of pyridine rings is 1. The van der Waals surface area contributed by atoms with Gasteiger partial charge in [0.05, 0.1) is 18.4 Å². The Balaban J connectivity index is 1.63. The Morgan fingerprint density at radius 3 is 2.42 bits per heavy atom. The van der Waals surface area contributed by atoms with Crippen molar-refractivity contribution in [2.75, 3.05) is 11.9 Å². The minimum Gasteiger partial charge on any atom is -0.464 e. The van der Waals surface area contributed by atoms with E-state index in [1.807, 2.05) is 6.92 Å². The third-order valence-electron chi connectivity index (χ3n) is 7.21. The van der Waals surface area contributed by atoms with Gasteiger partial charge in [-0.05, 0) is 56.7 Å². The first-order valence-corrected chi connectivity index (χ1v) is 13.9. The monoisotopic (exact) mass is 560 g/mol. The third kappa shape index (κ3) is 7.92. The summed E-state index contributed by atoms with van der Waals surface area (Å²) in [6.07, 6.45) is 5.04. The Kier molecular flexibility index (Phi) is 10.9. The van der Waals surface area contributed by atoms with Crippen molar-refractivity contribution < 1.29 is 38.2 Å². The van der Waals surface area contributed by atoms with Crippen LogP contribution in [0.25, 0.3) is 0 Å². The fourth-order valence-corrected chi connectivity index (χ4v) is 5.02. The van der Waals surface area contributed by atoms with Gasteiger partial charge in [0.1, 0.15) is 5.82 Å². The molecular weight excluding hydrogens is 520 g/mol. The lowest BCUT2D eigenvalue weighted by Crippen LogP contribution is -2.69. The van der Waals surface area contributed by atoms with E-state index in [2.05, 4.69) is 15.6 Å². The number of nitrogens with zero attached hydrogens (tertiary/aromatic N) is 2. The summed E-state index contributed by atoms with van der Waals surface area (Å²) in [5.74, 6) is -2.33. The number of ether oxygens (including phenoxy) is 3. The molecule has 4 amide bonds. The van der Waals surface area contributed by atoms with Crippen LogP contribution >= 0.6 is 0 Å². The molecule has 2 fully saturated rings. The van der Waals surface area contributed by atoms with Crippen LogP contribution in [0.15, 0.2) is 18.3 Å². The molecule has 220 valence electrons. The van der Waals surface area contributed by atoms with Crippen LogP contribution in [0, 0.1) is 17.8 Å². The second-order valence-corrected chi connectivity index (χ2v) is 10.6. The van der Waals surface area contributed by atoms with Crippen LogP contribution in [-0.2, 0) is 35.0 Å². The molecule has 1 aromatic heterocycles. The number of hydrogen-bond donors (Lipinski definition) is 2. The van der Waals surface area contributed by atoms with Crippen molar-refractivity contribution in [2.24, 2.45) is 17.8 Å². The average molecular weight is 561 g/mol. The summed E-state index contributed by atoms with van der Waals surface area (Å²) < 4.78 is 15.2. The van der Waals surface area contributed by atoms with Gasteiger partial charge in [-0.25, -0.2) is 24.3 Å². The normalized spacial score (nSPS) is 20.6. The van der Waals surface area contributed by atoms with Crippen LogP contribution in [0.2, 0.25) is 0 Å². The van der Waals surface area contributed by atoms with Crippen molar-refractivity contribution in [1.82, 2.24) is 15.2 Å². The average Bonchev–Trinajstić information content (AvgIpc) is 2.90. The number of rotatable bonds is 10. The van der Waals surface area contributed by atoms with Gasteiger partial charge in [0, 0.05) is 19.2 Å². The molecule has 0 spiro atoms. The summed E-state index contributed by atoms with van der Waals surface area (Å²) in [4.78, 5) is 67.9. The first-order valence-electron chi connectivity index (χ1n) is 13.9. The summed E-state index contributed by atoms with van der Waals surface area (Å²) in [5, 5.41) is 5.37. The third-order valence-corrected chi connectivity index (χ3v) is 7.21. The number of nitrogens with one attached hydrogen (secondary N) is 2. The number of amides is 4. The maximum absolute atomic E-state index is 13.1. The quantitative estimate of drug-likeness (QED) is 0.247. The molecule has 1 saturated carbocycles. The zero-order chi connectivity index (χ0) is 29.4. The highest BCUT2D eigenvalue weighted by Crippen LogP contribution is 2.32. The van der Waals surface area contributed by atoms with E-state index in [-0.39, 0.29) is 30.8 Å². The summed E-state index contributed by atoms with van der Waals surface area (Å²) >= 11 is 0. The molecule has 0 aromatic carbocycles. The Hall–Kier alpha value is -3.70. The first kappa shape index (κ1) is 30.8. The second-order valence-electron chi connectivity index (χ2n) is 10.6. The predicted molar refractivity (Wildman–Crippen MR) is 144 cm³/mol. The van der Waals surface area contributed by atoms with Crippen LogP contribution in [-0.4, -0.2) is 64.8 Å².